The summed E-state index contributed by atoms with van der Waals surface area (Å²) < 4.78 is 28.8. The molecular weight excluding hydrogens is 306 g/mol. The summed E-state index contributed by atoms with van der Waals surface area (Å²) in [6.45, 7) is 0. The minimum atomic E-state index is -4.03. The number of hydrogen-bond donors (Lipinski definition) is 2. The molecule has 0 fully saturated rings. The van der Waals surface area contributed by atoms with Crippen molar-refractivity contribution in [1.29, 1.82) is 0 Å². The van der Waals surface area contributed by atoms with E-state index in [1.165, 1.54) is 17.1 Å². The number of nitrogens with one attached hydrogen (secondary N) is 1. The molecule has 0 saturated heterocycles. The number of nitrogens with zero attached hydrogens (tertiary/aromatic N) is 2. The summed E-state index contributed by atoms with van der Waals surface area (Å²) in [5, 5.41) is 9.48. The van der Waals surface area contributed by atoms with Gasteiger partial charge in [0.2, 0.25) is 0 Å². The topological polar surface area (TPSA) is 101 Å². The van der Waals surface area contributed by atoms with E-state index in [1.54, 1.807) is 19.2 Å². The number of aryl methyl sites for hydroxylation is 2. The summed E-state index contributed by atoms with van der Waals surface area (Å²) in [6.07, 6.45) is 3.37. The van der Waals surface area contributed by atoms with E-state index in [0.29, 0.717) is 12.0 Å². The number of hydrogen-bond acceptors (Lipinski definition) is 4. The van der Waals surface area contributed by atoms with Gasteiger partial charge in [-0.1, -0.05) is 24.3 Å². The number of carbonyl (C=O) groups is 1. The maximum atomic E-state index is 12.5. The fourth-order valence-electron chi connectivity index (χ4n) is 2.79. The van der Waals surface area contributed by atoms with Crippen molar-refractivity contribution in [1.82, 2.24) is 14.3 Å². The van der Waals surface area contributed by atoms with Crippen molar-refractivity contribution in [3.63, 3.8) is 0 Å². The van der Waals surface area contributed by atoms with Gasteiger partial charge in [0.05, 0.1) is 6.33 Å². The average Bonchev–Trinajstić information content (AvgIpc) is 3.05. The zero-order valence-corrected chi connectivity index (χ0v) is 12.7. The Bertz CT molecular complexity index is 843. The minimum absolute atomic E-state index is 0.174. The number of carboxylic acid groups (broad SMARTS) is 1. The van der Waals surface area contributed by atoms with Crippen molar-refractivity contribution in [3.8, 4) is 0 Å². The first-order chi connectivity index (χ1) is 10.3. The monoisotopic (exact) mass is 321 g/mol. The molecule has 3 rings (SSSR count). The van der Waals surface area contributed by atoms with Crippen LogP contribution < -0.4 is 4.72 Å². The number of imidazole rings is 1. The molecule has 1 aromatic heterocycles. The van der Waals surface area contributed by atoms with Crippen molar-refractivity contribution in [2.45, 2.75) is 23.4 Å². The van der Waals surface area contributed by atoms with Gasteiger partial charge in [0.25, 0.3) is 10.0 Å². The molecule has 1 unspecified atom stereocenters. The second kappa shape index (κ2) is 4.92. The van der Waals surface area contributed by atoms with Crippen molar-refractivity contribution in [2.24, 2.45) is 7.05 Å². The summed E-state index contributed by atoms with van der Waals surface area (Å²) in [4.78, 5) is 15.6. The predicted molar refractivity (Wildman–Crippen MR) is 77.6 cm³/mol. The standard InChI is InChI=1S/C14H15N3O4S/c1-17-8-12(15-9-17)22(20,21)16-14(13(18)19)7-6-10-4-2-3-5-11(10)14/h2-5,8-9,16H,6-7H2,1H3,(H,18,19). The van der Waals surface area contributed by atoms with Crippen LogP contribution in [-0.4, -0.2) is 29.0 Å². The first-order valence-corrected chi connectivity index (χ1v) is 8.17. The third-order valence-corrected chi connectivity index (χ3v) is 5.26. The van der Waals surface area contributed by atoms with E-state index < -0.39 is 21.5 Å². The van der Waals surface area contributed by atoms with Crippen LogP contribution in [0.2, 0.25) is 0 Å². The number of aromatic nitrogens is 2. The lowest BCUT2D eigenvalue weighted by Crippen LogP contribution is -2.50. The SMILES string of the molecule is Cn1cnc(S(=O)(=O)NC2(C(=O)O)CCc3ccccc32)c1. The van der Waals surface area contributed by atoms with E-state index in [1.807, 2.05) is 12.1 Å². The van der Waals surface area contributed by atoms with Gasteiger partial charge >= 0.3 is 5.97 Å². The lowest BCUT2D eigenvalue weighted by atomic mass is 9.93. The summed E-state index contributed by atoms with van der Waals surface area (Å²) in [5.74, 6) is -1.21. The van der Waals surface area contributed by atoms with E-state index in [2.05, 4.69) is 9.71 Å². The van der Waals surface area contributed by atoms with Crippen LogP contribution in [0.1, 0.15) is 17.5 Å². The van der Waals surface area contributed by atoms with Gasteiger partial charge in [-0.25, -0.2) is 18.2 Å². The quantitative estimate of drug-likeness (QED) is 0.860. The van der Waals surface area contributed by atoms with E-state index in [4.69, 9.17) is 0 Å². The molecule has 116 valence electrons. The number of sulfonamides is 1. The molecule has 1 atom stereocenters. The Kier molecular flexibility index (Phi) is 3.30. The molecule has 7 nitrogen and oxygen atoms in total. The molecular formula is C14H15N3O4S. The molecule has 0 bridgehead atoms. The van der Waals surface area contributed by atoms with Gasteiger partial charge in [-0.2, -0.15) is 4.72 Å². The van der Waals surface area contributed by atoms with Gasteiger partial charge in [0, 0.05) is 13.2 Å². The Morgan fingerprint density at radius 2 is 2.14 bits per heavy atom. The highest BCUT2D eigenvalue weighted by atomic mass is 32.2. The summed E-state index contributed by atoms with van der Waals surface area (Å²) >= 11 is 0. The molecule has 1 aliphatic rings. The van der Waals surface area contributed by atoms with Gasteiger partial charge in [0.1, 0.15) is 0 Å². The number of rotatable bonds is 4. The summed E-state index contributed by atoms with van der Waals surface area (Å²) in [7, 11) is -2.39. The Morgan fingerprint density at radius 3 is 2.77 bits per heavy atom. The number of carboxylic acids is 1. The van der Waals surface area contributed by atoms with Crippen LogP contribution in [0.4, 0.5) is 0 Å². The molecule has 8 heteroatoms. The molecule has 2 N–H and O–H groups in total. The van der Waals surface area contributed by atoms with Gasteiger partial charge in [-0.3, -0.25) is 0 Å². The lowest BCUT2D eigenvalue weighted by molar-refractivity contribution is -0.144. The highest BCUT2D eigenvalue weighted by molar-refractivity contribution is 7.89. The first-order valence-electron chi connectivity index (χ1n) is 6.69. The lowest BCUT2D eigenvalue weighted by Gasteiger charge is -2.26. The molecule has 1 aliphatic carbocycles. The Hall–Kier alpha value is -2.19. The third-order valence-electron chi connectivity index (χ3n) is 3.88. The highest BCUT2D eigenvalue weighted by Gasteiger charge is 2.48. The first kappa shape index (κ1) is 14.7. The van der Waals surface area contributed by atoms with Crippen molar-refractivity contribution >= 4 is 16.0 Å². The maximum Gasteiger partial charge on any atom is 0.329 e. The number of fused-ring (bicyclic) bond motifs is 1. The molecule has 2 aromatic rings. The van der Waals surface area contributed by atoms with E-state index in [9.17, 15) is 18.3 Å². The van der Waals surface area contributed by atoms with E-state index in [-0.39, 0.29) is 11.4 Å². The number of aliphatic carboxylic acids is 1. The van der Waals surface area contributed by atoms with Crippen molar-refractivity contribution < 1.29 is 18.3 Å². The average molecular weight is 321 g/mol. The summed E-state index contributed by atoms with van der Waals surface area (Å²) in [6, 6.07) is 6.98. The summed E-state index contributed by atoms with van der Waals surface area (Å²) in [5.41, 5.74) is -0.317. The predicted octanol–water partition coefficient (Wildman–Crippen LogP) is 0.625. The van der Waals surface area contributed by atoms with Crippen molar-refractivity contribution in [3.05, 3.63) is 47.9 Å². The van der Waals surface area contributed by atoms with Crippen LogP contribution >= 0.6 is 0 Å². The Labute approximate surface area is 127 Å². The van der Waals surface area contributed by atoms with Crippen LogP contribution in [0.25, 0.3) is 0 Å². The van der Waals surface area contributed by atoms with Gasteiger partial charge in [0.15, 0.2) is 10.6 Å². The fraction of sp³-hybridized carbons (Fsp3) is 0.286. The van der Waals surface area contributed by atoms with Gasteiger partial charge in [-0.15, -0.1) is 0 Å². The van der Waals surface area contributed by atoms with Crippen LogP contribution in [0.15, 0.2) is 41.8 Å². The van der Waals surface area contributed by atoms with Crippen LogP contribution in [0.3, 0.4) is 0 Å². The van der Waals surface area contributed by atoms with Crippen LogP contribution in [0.5, 0.6) is 0 Å². The van der Waals surface area contributed by atoms with E-state index >= 15 is 0 Å². The highest BCUT2D eigenvalue weighted by Crippen LogP contribution is 2.38. The number of benzene rings is 1. The smallest absolute Gasteiger partial charge is 0.329 e. The van der Waals surface area contributed by atoms with Gasteiger partial charge < -0.3 is 9.67 Å². The minimum Gasteiger partial charge on any atom is -0.480 e. The fourth-order valence-corrected chi connectivity index (χ4v) is 4.15. The Balaban J connectivity index is 2.07. The second-order valence-corrected chi connectivity index (χ2v) is 6.98. The third kappa shape index (κ3) is 2.20. The van der Waals surface area contributed by atoms with Crippen molar-refractivity contribution in [2.75, 3.05) is 0 Å². The normalized spacial score (nSPS) is 20.8. The molecule has 0 amide bonds. The second-order valence-electron chi connectivity index (χ2n) is 5.35. The molecule has 1 heterocycles. The molecule has 0 spiro atoms. The zero-order chi connectivity index (χ0) is 16.0. The molecule has 0 saturated carbocycles. The van der Waals surface area contributed by atoms with Gasteiger partial charge in [-0.05, 0) is 24.0 Å². The van der Waals surface area contributed by atoms with Crippen LogP contribution in [-0.2, 0) is 33.8 Å². The molecule has 0 radical (unpaired) electrons. The Morgan fingerprint density at radius 1 is 1.41 bits per heavy atom. The maximum absolute atomic E-state index is 12.5. The molecule has 0 aliphatic heterocycles. The zero-order valence-electron chi connectivity index (χ0n) is 11.9. The largest absolute Gasteiger partial charge is 0.480 e. The molecule has 22 heavy (non-hydrogen) atoms. The van der Waals surface area contributed by atoms with Crippen LogP contribution in [0, 0.1) is 0 Å². The molecule has 1 aromatic carbocycles. The van der Waals surface area contributed by atoms with E-state index in [0.717, 1.165) is 5.56 Å².